The van der Waals surface area contributed by atoms with Gasteiger partial charge in [0.05, 0.1) is 5.41 Å². The second-order valence-electron chi connectivity index (χ2n) is 8.94. The van der Waals surface area contributed by atoms with E-state index in [0.29, 0.717) is 0 Å². The van der Waals surface area contributed by atoms with Crippen LogP contribution in [-0.2, 0) is 5.41 Å². The topological polar surface area (TPSA) is 13.1 Å². The minimum atomic E-state index is -0.323. The lowest BCUT2D eigenvalue weighted by atomic mass is 9.70. The van der Waals surface area contributed by atoms with Gasteiger partial charge in [-0.2, -0.15) is 0 Å². The van der Waals surface area contributed by atoms with Crippen molar-refractivity contribution in [3.8, 4) is 11.1 Å². The van der Waals surface area contributed by atoms with E-state index in [-0.39, 0.29) is 5.41 Å². The zero-order valence-electron chi connectivity index (χ0n) is 18.4. The highest BCUT2D eigenvalue weighted by atomic mass is 16.3. The van der Waals surface area contributed by atoms with Gasteiger partial charge in [-0.3, -0.25) is 0 Å². The normalized spacial score (nSPS) is 18.5. The smallest absolute Gasteiger partial charge is 0.143 e. The van der Waals surface area contributed by atoms with Gasteiger partial charge in [-0.1, -0.05) is 104 Å². The molecule has 0 saturated carbocycles. The van der Waals surface area contributed by atoms with Crippen LogP contribution >= 0.6 is 0 Å². The average Bonchev–Trinajstić information content (AvgIpc) is 3.46. The molecule has 0 radical (unpaired) electrons. The fraction of sp³-hybridized carbons (Fsp3) is 0.0625. The highest BCUT2D eigenvalue weighted by Crippen LogP contribution is 2.63. The molecule has 0 N–H and O–H groups in total. The van der Waals surface area contributed by atoms with Crippen LogP contribution in [0.1, 0.15) is 29.2 Å². The number of hydrogen-bond acceptors (Lipinski definition) is 1. The van der Waals surface area contributed by atoms with Crippen molar-refractivity contribution in [3.63, 3.8) is 0 Å². The molecule has 7 rings (SSSR count). The predicted octanol–water partition coefficient (Wildman–Crippen LogP) is 8.43. The largest absolute Gasteiger partial charge is 0.455 e. The van der Waals surface area contributed by atoms with Crippen molar-refractivity contribution < 1.29 is 4.42 Å². The van der Waals surface area contributed by atoms with Gasteiger partial charge in [0, 0.05) is 16.3 Å². The minimum Gasteiger partial charge on any atom is -0.455 e. The molecule has 0 saturated heterocycles. The molecule has 33 heavy (non-hydrogen) atoms. The average molecular weight is 423 g/mol. The van der Waals surface area contributed by atoms with Crippen LogP contribution in [0.15, 0.2) is 120 Å². The van der Waals surface area contributed by atoms with Gasteiger partial charge in [-0.15, -0.1) is 0 Å². The molecular weight excluding hydrogens is 400 g/mol. The Kier molecular flexibility index (Phi) is 3.62. The van der Waals surface area contributed by atoms with Crippen LogP contribution in [0.4, 0.5) is 0 Å². The molecule has 1 heterocycles. The summed E-state index contributed by atoms with van der Waals surface area (Å²) in [6.07, 6.45) is 6.09. The van der Waals surface area contributed by atoms with E-state index in [9.17, 15) is 0 Å². The standard InChI is InChI=1S/C32H22O/c1-3-4-11-21-20(2)32(26-15-8-5-12-22(21)26)27-16-9-6-14-25(27)30-28(32)19-18-24-23-13-7-10-17-29(23)33-31(24)30/h3-19H,1H2,2H3/b11-4-. The molecule has 1 spiro atoms. The Hall–Kier alpha value is -4.10. The van der Waals surface area contributed by atoms with Gasteiger partial charge < -0.3 is 4.42 Å². The predicted molar refractivity (Wildman–Crippen MR) is 137 cm³/mol. The minimum absolute atomic E-state index is 0.323. The van der Waals surface area contributed by atoms with Gasteiger partial charge in [-0.05, 0) is 52.0 Å². The van der Waals surface area contributed by atoms with Crippen LogP contribution in [0.5, 0.6) is 0 Å². The van der Waals surface area contributed by atoms with Crippen molar-refractivity contribution in [2.75, 3.05) is 0 Å². The molecule has 2 aliphatic rings. The van der Waals surface area contributed by atoms with Crippen LogP contribution in [-0.4, -0.2) is 0 Å². The van der Waals surface area contributed by atoms with Crippen LogP contribution in [0.2, 0.25) is 0 Å². The lowest BCUT2D eigenvalue weighted by Crippen LogP contribution is -2.26. The van der Waals surface area contributed by atoms with Crippen molar-refractivity contribution in [2.24, 2.45) is 0 Å². The van der Waals surface area contributed by atoms with Crippen LogP contribution < -0.4 is 0 Å². The fourth-order valence-electron chi connectivity index (χ4n) is 6.27. The van der Waals surface area contributed by atoms with E-state index in [0.717, 1.165) is 11.2 Å². The van der Waals surface area contributed by atoms with Gasteiger partial charge >= 0.3 is 0 Å². The second-order valence-corrected chi connectivity index (χ2v) is 8.94. The number of fused-ring (bicyclic) bond motifs is 11. The maximum Gasteiger partial charge on any atom is 0.143 e. The van der Waals surface area contributed by atoms with Crippen molar-refractivity contribution in [3.05, 3.63) is 138 Å². The number of furan rings is 1. The summed E-state index contributed by atoms with van der Waals surface area (Å²) in [6, 6.07) is 30.6. The first kappa shape index (κ1) is 18.5. The quantitative estimate of drug-likeness (QED) is 0.260. The second kappa shape index (κ2) is 6.46. The van der Waals surface area contributed by atoms with E-state index in [2.05, 4.69) is 98.4 Å². The Bertz CT molecular complexity index is 1690. The summed E-state index contributed by atoms with van der Waals surface area (Å²) in [5, 5.41) is 2.35. The molecule has 156 valence electrons. The highest BCUT2D eigenvalue weighted by Gasteiger charge is 2.51. The third kappa shape index (κ3) is 2.12. The van der Waals surface area contributed by atoms with E-state index < -0.39 is 0 Å². The molecule has 0 amide bonds. The van der Waals surface area contributed by atoms with E-state index >= 15 is 0 Å². The number of rotatable bonds is 2. The Morgan fingerprint density at radius 3 is 2.24 bits per heavy atom. The van der Waals surface area contributed by atoms with Gasteiger partial charge in [0.15, 0.2) is 0 Å². The molecule has 2 aliphatic carbocycles. The molecule has 5 aromatic rings. The summed E-state index contributed by atoms with van der Waals surface area (Å²) in [6.45, 7) is 6.19. The van der Waals surface area contributed by atoms with Gasteiger partial charge in [0.2, 0.25) is 0 Å². The molecule has 4 aromatic carbocycles. The van der Waals surface area contributed by atoms with Crippen molar-refractivity contribution >= 4 is 27.5 Å². The number of para-hydroxylation sites is 1. The Morgan fingerprint density at radius 1 is 0.727 bits per heavy atom. The summed E-state index contributed by atoms with van der Waals surface area (Å²) in [4.78, 5) is 0. The van der Waals surface area contributed by atoms with E-state index in [4.69, 9.17) is 4.42 Å². The van der Waals surface area contributed by atoms with Gasteiger partial charge in [-0.25, -0.2) is 0 Å². The molecular formula is C32H22O. The van der Waals surface area contributed by atoms with Gasteiger partial charge in [0.25, 0.3) is 0 Å². The molecule has 1 nitrogen and oxygen atoms in total. The monoisotopic (exact) mass is 422 g/mol. The molecule has 1 heteroatoms. The van der Waals surface area contributed by atoms with Crippen molar-refractivity contribution in [1.82, 2.24) is 0 Å². The maximum absolute atomic E-state index is 6.53. The molecule has 1 atom stereocenters. The van der Waals surface area contributed by atoms with E-state index in [1.54, 1.807) is 0 Å². The van der Waals surface area contributed by atoms with Crippen molar-refractivity contribution in [2.45, 2.75) is 12.3 Å². The maximum atomic E-state index is 6.53. The van der Waals surface area contributed by atoms with Crippen LogP contribution in [0.25, 0.3) is 38.6 Å². The van der Waals surface area contributed by atoms with Gasteiger partial charge in [0.1, 0.15) is 11.2 Å². The fourth-order valence-corrected chi connectivity index (χ4v) is 6.27. The molecule has 0 fully saturated rings. The molecule has 0 bridgehead atoms. The zero-order valence-corrected chi connectivity index (χ0v) is 18.4. The Labute approximate surface area is 193 Å². The molecule has 1 unspecified atom stereocenters. The zero-order chi connectivity index (χ0) is 22.2. The summed E-state index contributed by atoms with van der Waals surface area (Å²) < 4.78 is 6.53. The van der Waals surface area contributed by atoms with E-state index in [1.807, 2.05) is 18.2 Å². The Balaban J connectivity index is 1.68. The summed E-state index contributed by atoms with van der Waals surface area (Å²) in [5.74, 6) is 0. The first-order chi connectivity index (χ1) is 16.3. The third-order valence-corrected chi connectivity index (χ3v) is 7.54. The third-order valence-electron chi connectivity index (χ3n) is 7.54. The SMILES string of the molecule is C=C/C=C\C1=C(C)C2(c3ccccc31)c1ccccc1-c1c2ccc2c1oc1ccccc12. The molecule has 1 aromatic heterocycles. The summed E-state index contributed by atoms with van der Waals surface area (Å²) >= 11 is 0. The number of hydrogen-bond donors (Lipinski definition) is 0. The number of allylic oxidation sites excluding steroid dienone is 5. The Morgan fingerprint density at radius 2 is 1.42 bits per heavy atom. The first-order valence-electron chi connectivity index (χ1n) is 11.4. The summed E-state index contributed by atoms with van der Waals surface area (Å²) in [7, 11) is 0. The van der Waals surface area contributed by atoms with Crippen LogP contribution in [0.3, 0.4) is 0 Å². The lowest BCUT2D eigenvalue weighted by Gasteiger charge is -2.31. The number of benzene rings is 4. The summed E-state index contributed by atoms with van der Waals surface area (Å²) in [5.41, 5.74) is 12.0. The van der Waals surface area contributed by atoms with Crippen LogP contribution in [0, 0.1) is 0 Å². The lowest BCUT2D eigenvalue weighted by molar-refractivity contribution is 0.669. The van der Waals surface area contributed by atoms with Crippen molar-refractivity contribution in [1.29, 1.82) is 0 Å². The molecule has 0 aliphatic heterocycles. The van der Waals surface area contributed by atoms with E-state index in [1.165, 1.54) is 55.3 Å². The highest BCUT2D eigenvalue weighted by molar-refractivity contribution is 6.13. The first-order valence-corrected chi connectivity index (χ1v) is 11.4.